The minimum Gasteiger partial charge on any atom is -0.507 e. The minimum atomic E-state index is -0.225. The van der Waals surface area contributed by atoms with Crippen molar-refractivity contribution in [2.24, 2.45) is 0 Å². The molecule has 0 spiro atoms. The van der Waals surface area contributed by atoms with Crippen molar-refractivity contribution in [2.75, 3.05) is 33.3 Å². The lowest BCUT2D eigenvalue weighted by atomic mass is 10.0. The number of nitrogens with zero attached hydrogens (tertiary/aromatic N) is 1. The molecule has 0 unspecified atom stereocenters. The van der Waals surface area contributed by atoms with Crippen LogP contribution in [-0.2, 0) is 6.54 Å². The molecule has 0 saturated carbocycles. The lowest BCUT2D eigenvalue weighted by Crippen LogP contribution is -2.42. The summed E-state index contributed by atoms with van der Waals surface area (Å²) in [5.41, 5.74) is 3.07. The first-order valence-corrected chi connectivity index (χ1v) is 9.19. The molecule has 5 heteroatoms. The molecular weight excluding hydrogens is 340 g/mol. The number of nitrogens with one attached hydrogen (secondary N) is 1. The van der Waals surface area contributed by atoms with Crippen LogP contribution in [0.25, 0.3) is 6.08 Å². The number of piperazine rings is 1. The molecule has 0 bridgehead atoms. The molecule has 1 saturated heterocycles. The van der Waals surface area contributed by atoms with Gasteiger partial charge in [-0.25, -0.2) is 0 Å². The van der Waals surface area contributed by atoms with Crippen LogP contribution in [0.1, 0.15) is 27.0 Å². The molecule has 2 aromatic carbocycles. The first-order chi connectivity index (χ1) is 13.1. The smallest absolute Gasteiger partial charge is 0.189 e. The molecule has 5 nitrogen and oxygen atoms in total. The monoisotopic (exact) mass is 366 g/mol. The number of rotatable bonds is 6. The van der Waals surface area contributed by atoms with Crippen molar-refractivity contribution in [1.82, 2.24) is 10.2 Å². The van der Waals surface area contributed by atoms with E-state index in [-0.39, 0.29) is 11.5 Å². The summed E-state index contributed by atoms with van der Waals surface area (Å²) in [6.45, 7) is 6.21. The molecule has 1 fully saturated rings. The van der Waals surface area contributed by atoms with Gasteiger partial charge in [0.05, 0.1) is 18.2 Å². The highest BCUT2D eigenvalue weighted by Gasteiger charge is 2.20. The molecule has 2 aromatic rings. The van der Waals surface area contributed by atoms with Crippen LogP contribution < -0.4 is 10.1 Å². The van der Waals surface area contributed by atoms with Gasteiger partial charge in [0.1, 0.15) is 11.5 Å². The van der Waals surface area contributed by atoms with Gasteiger partial charge in [-0.3, -0.25) is 9.69 Å². The van der Waals surface area contributed by atoms with E-state index in [9.17, 15) is 9.90 Å². The number of phenolic OH excluding ortho intramolecular Hbond substituents is 1. The summed E-state index contributed by atoms with van der Waals surface area (Å²) in [4.78, 5) is 14.9. The van der Waals surface area contributed by atoms with Crippen molar-refractivity contribution in [3.05, 3.63) is 64.7 Å². The van der Waals surface area contributed by atoms with Gasteiger partial charge in [0.2, 0.25) is 0 Å². The average Bonchev–Trinajstić information content (AvgIpc) is 2.69. The van der Waals surface area contributed by atoms with Gasteiger partial charge in [0.15, 0.2) is 5.78 Å². The number of hydrogen-bond donors (Lipinski definition) is 2. The fourth-order valence-electron chi connectivity index (χ4n) is 3.19. The largest absolute Gasteiger partial charge is 0.507 e. The van der Waals surface area contributed by atoms with E-state index >= 15 is 0 Å². The Morgan fingerprint density at radius 3 is 2.56 bits per heavy atom. The Balaban J connectivity index is 1.82. The number of aromatic hydroxyl groups is 1. The molecule has 0 aliphatic carbocycles. The third-order valence-electron chi connectivity index (χ3n) is 4.82. The molecule has 27 heavy (non-hydrogen) atoms. The van der Waals surface area contributed by atoms with Gasteiger partial charge in [-0.2, -0.15) is 0 Å². The van der Waals surface area contributed by atoms with Gasteiger partial charge in [0, 0.05) is 32.7 Å². The van der Waals surface area contributed by atoms with E-state index in [1.165, 1.54) is 11.6 Å². The maximum atomic E-state index is 12.6. The van der Waals surface area contributed by atoms with Crippen molar-refractivity contribution >= 4 is 11.9 Å². The molecular formula is C22H26N2O3. The number of ketones is 1. The SMILES string of the molecule is COc1ccc(C(=O)/C=C/c2ccc(C)cc2)c(O)c1CN1CCNCC1. The van der Waals surface area contributed by atoms with E-state index < -0.39 is 0 Å². The molecule has 142 valence electrons. The van der Waals surface area contributed by atoms with Crippen molar-refractivity contribution in [2.45, 2.75) is 13.5 Å². The number of phenols is 1. The third kappa shape index (κ3) is 4.76. The summed E-state index contributed by atoms with van der Waals surface area (Å²) in [6.07, 6.45) is 3.27. The van der Waals surface area contributed by atoms with Gasteiger partial charge in [-0.1, -0.05) is 35.9 Å². The van der Waals surface area contributed by atoms with Gasteiger partial charge in [-0.15, -0.1) is 0 Å². The van der Waals surface area contributed by atoms with Crippen molar-refractivity contribution in [3.63, 3.8) is 0 Å². The molecule has 0 amide bonds. The standard InChI is InChI=1S/C22H26N2O3/c1-16-3-5-17(6-4-16)7-9-20(25)18-8-10-21(27-2)19(22(18)26)15-24-13-11-23-12-14-24/h3-10,23,26H,11-15H2,1-2H3/b9-7+. The first-order valence-electron chi connectivity index (χ1n) is 9.19. The maximum absolute atomic E-state index is 12.6. The van der Waals surface area contributed by atoms with E-state index in [1.54, 1.807) is 25.3 Å². The Kier molecular flexibility index (Phi) is 6.27. The Hall–Kier alpha value is -2.63. The topological polar surface area (TPSA) is 61.8 Å². The normalized spacial score (nSPS) is 15.2. The average molecular weight is 366 g/mol. The quantitative estimate of drug-likeness (QED) is 0.608. The van der Waals surface area contributed by atoms with Crippen molar-refractivity contribution in [1.29, 1.82) is 0 Å². The van der Waals surface area contributed by atoms with E-state index in [0.29, 0.717) is 23.4 Å². The van der Waals surface area contributed by atoms with E-state index in [0.717, 1.165) is 31.7 Å². The van der Waals surface area contributed by atoms with Crippen LogP contribution in [-0.4, -0.2) is 49.1 Å². The minimum absolute atomic E-state index is 0.00596. The van der Waals surface area contributed by atoms with E-state index in [4.69, 9.17) is 4.74 Å². The number of carbonyl (C=O) groups excluding carboxylic acids is 1. The Labute approximate surface area is 160 Å². The summed E-state index contributed by atoms with van der Waals surface area (Å²) in [5, 5.41) is 14.1. The molecule has 1 aliphatic heterocycles. The first kappa shape index (κ1) is 19.1. The number of allylic oxidation sites excluding steroid dienone is 1. The van der Waals surface area contributed by atoms with Crippen molar-refractivity contribution in [3.8, 4) is 11.5 Å². The number of ether oxygens (including phenoxy) is 1. The van der Waals surface area contributed by atoms with Crippen LogP contribution in [0.2, 0.25) is 0 Å². The maximum Gasteiger partial charge on any atom is 0.189 e. The van der Waals surface area contributed by atoms with Gasteiger partial charge in [-0.05, 0) is 30.7 Å². The van der Waals surface area contributed by atoms with Crippen LogP contribution >= 0.6 is 0 Å². The molecule has 2 N–H and O–H groups in total. The second kappa shape index (κ2) is 8.84. The highest BCUT2D eigenvalue weighted by molar-refractivity contribution is 6.09. The zero-order valence-electron chi connectivity index (χ0n) is 15.9. The summed E-state index contributed by atoms with van der Waals surface area (Å²) in [5.74, 6) is 0.383. The molecule has 3 rings (SSSR count). The second-order valence-electron chi connectivity index (χ2n) is 6.78. The molecule has 0 radical (unpaired) electrons. The van der Waals surface area contributed by atoms with Crippen LogP contribution in [0.3, 0.4) is 0 Å². The van der Waals surface area contributed by atoms with Crippen LogP contribution in [0.5, 0.6) is 11.5 Å². The number of methoxy groups -OCH3 is 1. The predicted molar refractivity (Wildman–Crippen MR) is 107 cm³/mol. The molecule has 0 aromatic heterocycles. The summed E-state index contributed by atoms with van der Waals surface area (Å²) < 4.78 is 5.41. The molecule has 1 aliphatic rings. The molecule has 1 heterocycles. The third-order valence-corrected chi connectivity index (χ3v) is 4.82. The Bertz CT molecular complexity index is 822. The Morgan fingerprint density at radius 2 is 1.89 bits per heavy atom. The highest BCUT2D eigenvalue weighted by Crippen LogP contribution is 2.33. The van der Waals surface area contributed by atoms with Crippen LogP contribution in [0.4, 0.5) is 0 Å². The number of carbonyl (C=O) groups is 1. The van der Waals surface area contributed by atoms with E-state index in [2.05, 4.69) is 10.2 Å². The fourth-order valence-corrected chi connectivity index (χ4v) is 3.19. The zero-order valence-corrected chi connectivity index (χ0v) is 15.9. The lowest BCUT2D eigenvalue weighted by Gasteiger charge is -2.28. The Morgan fingerprint density at radius 1 is 1.19 bits per heavy atom. The zero-order chi connectivity index (χ0) is 19.2. The fraction of sp³-hybridized carbons (Fsp3) is 0.318. The van der Waals surface area contributed by atoms with E-state index in [1.807, 2.05) is 31.2 Å². The molecule has 0 atom stereocenters. The van der Waals surface area contributed by atoms with Crippen LogP contribution in [0.15, 0.2) is 42.5 Å². The summed E-state index contributed by atoms with van der Waals surface area (Å²) in [6, 6.07) is 11.3. The van der Waals surface area contributed by atoms with Gasteiger partial charge < -0.3 is 15.2 Å². The second-order valence-corrected chi connectivity index (χ2v) is 6.78. The number of aryl methyl sites for hydroxylation is 1. The summed E-state index contributed by atoms with van der Waals surface area (Å²) in [7, 11) is 1.58. The highest BCUT2D eigenvalue weighted by atomic mass is 16.5. The summed E-state index contributed by atoms with van der Waals surface area (Å²) >= 11 is 0. The van der Waals surface area contributed by atoms with Crippen LogP contribution in [0, 0.1) is 6.92 Å². The van der Waals surface area contributed by atoms with Gasteiger partial charge in [0.25, 0.3) is 0 Å². The predicted octanol–water partition coefficient (Wildman–Crippen LogP) is 3.01. The van der Waals surface area contributed by atoms with Gasteiger partial charge >= 0.3 is 0 Å². The van der Waals surface area contributed by atoms with Crippen molar-refractivity contribution < 1.29 is 14.6 Å². The number of benzene rings is 2. The number of hydrogen-bond acceptors (Lipinski definition) is 5. The lowest BCUT2D eigenvalue weighted by molar-refractivity contribution is 0.104.